The maximum absolute atomic E-state index is 12.6. The molecule has 0 aromatic heterocycles. The van der Waals surface area contributed by atoms with Crippen molar-refractivity contribution in [1.82, 2.24) is 5.32 Å². The van der Waals surface area contributed by atoms with Gasteiger partial charge in [0.05, 0.1) is 25.5 Å². The van der Waals surface area contributed by atoms with Crippen LogP contribution in [-0.4, -0.2) is 32.6 Å². The lowest BCUT2D eigenvalue weighted by Gasteiger charge is -2.19. The van der Waals surface area contributed by atoms with Gasteiger partial charge in [-0.05, 0) is 36.2 Å². The molecule has 0 aliphatic rings. The Morgan fingerprint density at radius 2 is 1.64 bits per heavy atom. The number of benzene rings is 2. The summed E-state index contributed by atoms with van der Waals surface area (Å²) in [5.41, 5.74) is 1.42. The molecule has 2 rings (SSSR count). The van der Waals surface area contributed by atoms with Crippen LogP contribution in [0.2, 0.25) is 0 Å². The Morgan fingerprint density at radius 1 is 0.964 bits per heavy atom. The topological polar surface area (TPSA) is 76.7 Å². The second-order valence-corrected chi connectivity index (χ2v) is 7.44. The Balaban J connectivity index is 2.01. The lowest BCUT2D eigenvalue weighted by Crippen LogP contribution is -2.30. The van der Waals surface area contributed by atoms with Crippen molar-refractivity contribution in [2.24, 2.45) is 5.41 Å². The van der Waals surface area contributed by atoms with Gasteiger partial charge in [0.2, 0.25) is 5.91 Å². The number of methoxy groups -OCH3 is 2. The van der Waals surface area contributed by atoms with Gasteiger partial charge < -0.3 is 20.1 Å². The molecule has 28 heavy (non-hydrogen) atoms. The van der Waals surface area contributed by atoms with Gasteiger partial charge in [0.25, 0.3) is 5.91 Å². The third-order valence-corrected chi connectivity index (χ3v) is 4.25. The second-order valence-electron chi connectivity index (χ2n) is 7.44. The molecule has 2 aromatic carbocycles. The van der Waals surface area contributed by atoms with Crippen molar-refractivity contribution >= 4 is 17.5 Å². The smallest absolute Gasteiger partial charge is 0.253 e. The zero-order valence-electron chi connectivity index (χ0n) is 17.1. The molecule has 0 aliphatic heterocycles. The summed E-state index contributed by atoms with van der Waals surface area (Å²) in [4.78, 5) is 24.9. The van der Waals surface area contributed by atoms with Crippen molar-refractivity contribution in [2.75, 3.05) is 26.1 Å². The molecule has 0 heterocycles. The highest BCUT2D eigenvalue weighted by Gasteiger charge is 2.23. The minimum absolute atomic E-state index is 0.141. The summed E-state index contributed by atoms with van der Waals surface area (Å²) in [5.74, 6) is 0.948. The third-order valence-electron chi connectivity index (χ3n) is 4.25. The third kappa shape index (κ3) is 5.49. The van der Waals surface area contributed by atoms with Gasteiger partial charge in [-0.25, -0.2) is 0 Å². The van der Waals surface area contributed by atoms with Crippen LogP contribution in [0.3, 0.4) is 0 Å². The van der Waals surface area contributed by atoms with Crippen molar-refractivity contribution in [3.05, 3.63) is 53.6 Å². The zero-order valence-corrected chi connectivity index (χ0v) is 17.1. The van der Waals surface area contributed by atoms with Crippen LogP contribution in [0.4, 0.5) is 5.69 Å². The fourth-order valence-electron chi connectivity index (χ4n) is 2.55. The molecule has 150 valence electrons. The van der Waals surface area contributed by atoms with E-state index >= 15 is 0 Å². The van der Waals surface area contributed by atoms with Crippen molar-refractivity contribution < 1.29 is 19.1 Å². The molecule has 2 aromatic rings. The maximum Gasteiger partial charge on any atom is 0.253 e. The molecule has 0 bridgehead atoms. The summed E-state index contributed by atoms with van der Waals surface area (Å²) >= 11 is 0. The molecule has 0 radical (unpaired) electrons. The van der Waals surface area contributed by atoms with E-state index in [1.807, 2.05) is 39.0 Å². The van der Waals surface area contributed by atoms with Gasteiger partial charge in [0.15, 0.2) is 11.5 Å². The van der Waals surface area contributed by atoms with Crippen LogP contribution in [0.5, 0.6) is 11.5 Å². The minimum atomic E-state index is -0.545. The second kappa shape index (κ2) is 9.26. The van der Waals surface area contributed by atoms with Crippen LogP contribution < -0.4 is 20.1 Å². The van der Waals surface area contributed by atoms with Crippen molar-refractivity contribution in [3.63, 3.8) is 0 Å². The predicted octanol–water partition coefficient (Wildman–Crippen LogP) is 3.66. The molecule has 2 N–H and O–H groups in total. The number of carbonyl (C=O) groups excluding carboxylic acids is 2. The summed E-state index contributed by atoms with van der Waals surface area (Å²) in [6, 6.07) is 12.7. The van der Waals surface area contributed by atoms with E-state index in [-0.39, 0.29) is 11.8 Å². The number of nitrogens with one attached hydrogen (secondary N) is 2. The van der Waals surface area contributed by atoms with Crippen LogP contribution in [0.25, 0.3) is 0 Å². The highest BCUT2D eigenvalue weighted by molar-refractivity contribution is 6.04. The van der Waals surface area contributed by atoms with E-state index in [1.54, 1.807) is 38.5 Å². The average Bonchev–Trinajstić information content (AvgIpc) is 2.67. The number of ether oxygens (including phenoxy) is 2. The first-order valence-corrected chi connectivity index (χ1v) is 9.16. The van der Waals surface area contributed by atoms with Gasteiger partial charge in [-0.3, -0.25) is 9.59 Å². The molecule has 2 amide bonds. The first kappa shape index (κ1) is 21.3. The highest BCUT2D eigenvalue weighted by Crippen LogP contribution is 2.27. The van der Waals surface area contributed by atoms with Crippen molar-refractivity contribution in [3.8, 4) is 11.5 Å². The Bertz CT molecular complexity index is 841. The number of carbonyl (C=O) groups is 2. The monoisotopic (exact) mass is 384 g/mol. The normalized spacial score (nSPS) is 10.9. The Labute approximate surface area is 166 Å². The fourth-order valence-corrected chi connectivity index (χ4v) is 2.55. The Hall–Kier alpha value is -3.02. The lowest BCUT2D eigenvalue weighted by atomic mass is 9.95. The number of para-hydroxylation sites is 1. The van der Waals surface area contributed by atoms with E-state index in [0.717, 1.165) is 5.56 Å². The molecule has 0 fully saturated rings. The van der Waals surface area contributed by atoms with E-state index in [4.69, 9.17) is 9.47 Å². The van der Waals surface area contributed by atoms with Gasteiger partial charge in [0, 0.05) is 12.0 Å². The van der Waals surface area contributed by atoms with E-state index < -0.39 is 5.41 Å². The van der Waals surface area contributed by atoms with Crippen LogP contribution in [0.1, 0.15) is 36.7 Å². The van der Waals surface area contributed by atoms with Crippen LogP contribution in [-0.2, 0) is 11.2 Å². The molecule has 0 aliphatic carbocycles. The molecule has 6 heteroatoms. The predicted molar refractivity (Wildman–Crippen MR) is 110 cm³/mol. The summed E-state index contributed by atoms with van der Waals surface area (Å²) in [5, 5.41) is 5.74. The zero-order chi connectivity index (χ0) is 20.7. The summed E-state index contributed by atoms with van der Waals surface area (Å²) < 4.78 is 10.5. The molecule has 0 atom stereocenters. The van der Waals surface area contributed by atoms with Gasteiger partial charge in [-0.1, -0.05) is 39.0 Å². The number of hydrogen-bond acceptors (Lipinski definition) is 4. The molecular formula is C22H28N2O4. The van der Waals surface area contributed by atoms with Gasteiger partial charge >= 0.3 is 0 Å². The Morgan fingerprint density at radius 3 is 2.29 bits per heavy atom. The first-order valence-electron chi connectivity index (χ1n) is 9.16. The van der Waals surface area contributed by atoms with Crippen LogP contribution in [0, 0.1) is 5.41 Å². The van der Waals surface area contributed by atoms with Crippen molar-refractivity contribution in [1.29, 1.82) is 0 Å². The van der Waals surface area contributed by atoms with E-state index in [9.17, 15) is 9.59 Å². The fraction of sp³-hybridized carbons (Fsp3) is 0.364. The Kier molecular flexibility index (Phi) is 7.04. The lowest BCUT2D eigenvalue weighted by molar-refractivity contribution is -0.123. The average molecular weight is 384 g/mol. The number of amides is 2. The molecular weight excluding hydrogens is 356 g/mol. The molecule has 0 saturated carbocycles. The largest absolute Gasteiger partial charge is 0.493 e. The van der Waals surface area contributed by atoms with Gasteiger partial charge in [-0.2, -0.15) is 0 Å². The number of rotatable bonds is 7. The van der Waals surface area contributed by atoms with E-state index in [0.29, 0.717) is 35.7 Å². The van der Waals surface area contributed by atoms with Gasteiger partial charge in [-0.15, -0.1) is 0 Å². The summed E-state index contributed by atoms with van der Waals surface area (Å²) in [7, 11) is 3.18. The van der Waals surface area contributed by atoms with E-state index in [1.165, 1.54) is 0 Å². The molecule has 0 spiro atoms. The van der Waals surface area contributed by atoms with Crippen LogP contribution >= 0.6 is 0 Å². The molecule has 0 saturated heterocycles. The number of anilines is 1. The molecule has 6 nitrogen and oxygen atoms in total. The van der Waals surface area contributed by atoms with Crippen molar-refractivity contribution in [2.45, 2.75) is 27.2 Å². The maximum atomic E-state index is 12.6. The van der Waals surface area contributed by atoms with Crippen LogP contribution in [0.15, 0.2) is 42.5 Å². The SMILES string of the molecule is COc1ccc(CCNC(=O)c2ccccc2NC(=O)C(C)(C)C)cc1OC. The van der Waals surface area contributed by atoms with E-state index in [2.05, 4.69) is 10.6 Å². The molecule has 0 unspecified atom stereocenters. The number of hydrogen-bond donors (Lipinski definition) is 2. The summed E-state index contributed by atoms with van der Waals surface area (Å²) in [6.07, 6.45) is 0.641. The van der Waals surface area contributed by atoms with Gasteiger partial charge in [0.1, 0.15) is 0 Å². The highest BCUT2D eigenvalue weighted by atomic mass is 16.5. The minimum Gasteiger partial charge on any atom is -0.493 e. The standard InChI is InChI=1S/C22H28N2O4/c1-22(2,3)21(26)24-17-9-7-6-8-16(17)20(25)23-13-12-15-10-11-18(27-4)19(14-15)28-5/h6-11,14H,12-13H2,1-5H3,(H,23,25)(H,24,26). The first-order chi connectivity index (χ1) is 13.3. The summed E-state index contributed by atoms with van der Waals surface area (Å²) in [6.45, 7) is 5.94. The quantitative estimate of drug-likeness (QED) is 0.764.